The fourth-order valence-electron chi connectivity index (χ4n) is 2.14. The first-order valence-corrected chi connectivity index (χ1v) is 6.35. The molecule has 2 nitrogen and oxygen atoms in total. The largest absolute Gasteiger partial charge is 0.501 e. The minimum Gasteiger partial charge on any atom is -0.501 e. The summed E-state index contributed by atoms with van der Waals surface area (Å²) in [4.78, 5) is 0. The lowest BCUT2D eigenvalue weighted by Crippen LogP contribution is -2.52. The summed E-state index contributed by atoms with van der Waals surface area (Å²) in [6.45, 7) is 2.06. The van der Waals surface area contributed by atoms with Crippen molar-refractivity contribution in [2.24, 2.45) is 5.92 Å². The highest BCUT2D eigenvalue weighted by Gasteiger charge is 2.60. The standard InChI is InChI=1S/C12H17F6NO/c1-2-5-19-9(8-4-3-6-20-7-8)10(11(13,14)15)12(16,17)18/h7,9-10,19H,2-6H2,1H3. The number of rotatable bonds is 5. The average molecular weight is 305 g/mol. The molecule has 0 aromatic rings. The smallest absolute Gasteiger partial charge is 0.402 e. The Kier molecular flexibility index (Phi) is 5.73. The number of alkyl halides is 6. The van der Waals surface area contributed by atoms with Gasteiger partial charge in [-0.25, -0.2) is 0 Å². The fourth-order valence-corrected chi connectivity index (χ4v) is 2.14. The van der Waals surface area contributed by atoms with Crippen molar-refractivity contribution >= 4 is 0 Å². The van der Waals surface area contributed by atoms with E-state index in [9.17, 15) is 26.3 Å². The summed E-state index contributed by atoms with van der Waals surface area (Å²) in [5.74, 6) is -3.42. The molecule has 0 amide bonds. The molecule has 1 rings (SSSR count). The van der Waals surface area contributed by atoms with Crippen LogP contribution in [0.25, 0.3) is 0 Å². The molecule has 1 aliphatic heterocycles. The van der Waals surface area contributed by atoms with Crippen LogP contribution in [0.2, 0.25) is 0 Å². The second-order valence-corrected chi connectivity index (χ2v) is 4.66. The maximum atomic E-state index is 12.8. The first-order valence-electron chi connectivity index (χ1n) is 6.35. The van der Waals surface area contributed by atoms with Crippen LogP contribution in [-0.2, 0) is 4.74 Å². The molecule has 0 aromatic heterocycles. The first-order chi connectivity index (χ1) is 9.18. The van der Waals surface area contributed by atoms with Crippen LogP contribution in [0.5, 0.6) is 0 Å². The Labute approximate surface area is 113 Å². The van der Waals surface area contributed by atoms with E-state index in [1.807, 2.05) is 0 Å². The maximum Gasteiger partial charge on any atom is 0.402 e. The van der Waals surface area contributed by atoms with E-state index in [2.05, 4.69) is 5.32 Å². The third-order valence-corrected chi connectivity index (χ3v) is 3.01. The van der Waals surface area contributed by atoms with Gasteiger partial charge in [0.05, 0.1) is 18.9 Å². The molecule has 1 N–H and O–H groups in total. The van der Waals surface area contributed by atoms with Crippen molar-refractivity contribution in [1.29, 1.82) is 0 Å². The molecule has 0 saturated heterocycles. The Morgan fingerprint density at radius 3 is 2.20 bits per heavy atom. The highest BCUT2D eigenvalue weighted by molar-refractivity contribution is 5.14. The number of halogens is 6. The predicted molar refractivity (Wildman–Crippen MR) is 61.0 cm³/mol. The number of hydrogen-bond donors (Lipinski definition) is 1. The van der Waals surface area contributed by atoms with Gasteiger partial charge in [0, 0.05) is 0 Å². The Morgan fingerprint density at radius 1 is 1.20 bits per heavy atom. The van der Waals surface area contributed by atoms with Crippen LogP contribution < -0.4 is 5.32 Å². The summed E-state index contributed by atoms with van der Waals surface area (Å²) >= 11 is 0. The zero-order valence-corrected chi connectivity index (χ0v) is 10.9. The SMILES string of the molecule is CCCNC(C1=COCCC1)C(C(F)(F)F)C(F)(F)F. The van der Waals surface area contributed by atoms with Crippen molar-refractivity contribution in [3.63, 3.8) is 0 Å². The van der Waals surface area contributed by atoms with Gasteiger partial charge >= 0.3 is 12.4 Å². The lowest BCUT2D eigenvalue weighted by Gasteiger charge is -2.33. The van der Waals surface area contributed by atoms with Gasteiger partial charge in [0.15, 0.2) is 5.92 Å². The lowest BCUT2D eigenvalue weighted by molar-refractivity contribution is -0.289. The topological polar surface area (TPSA) is 21.3 Å². The molecule has 0 saturated carbocycles. The summed E-state index contributed by atoms with van der Waals surface area (Å²) in [6, 6.07) is -1.82. The van der Waals surface area contributed by atoms with Crippen molar-refractivity contribution < 1.29 is 31.1 Å². The van der Waals surface area contributed by atoms with E-state index in [1.54, 1.807) is 6.92 Å². The van der Waals surface area contributed by atoms with Crippen LogP contribution in [0.1, 0.15) is 26.2 Å². The van der Waals surface area contributed by atoms with Gasteiger partial charge in [0.2, 0.25) is 0 Å². The highest BCUT2D eigenvalue weighted by Crippen LogP contribution is 2.43. The van der Waals surface area contributed by atoms with Gasteiger partial charge < -0.3 is 10.1 Å². The minimum atomic E-state index is -5.36. The van der Waals surface area contributed by atoms with E-state index < -0.39 is 24.3 Å². The second kappa shape index (κ2) is 6.69. The van der Waals surface area contributed by atoms with Crippen molar-refractivity contribution in [3.8, 4) is 0 Å². The van der Waals surface area contributed by atoms with Crippen LogP contribution in [-0.4, -0.2) is 31.5 Å². The van der Waals surface area contributed by atoms with E-state index >= 15 is 0 Å². The van der Waals surface area contributed by atoms with E-state index in [-0.39, 0.29) is 18.5 Å². The molecule has 1 atom stereocenters. The molecule has 0 radical (unpaired) electrons. The summed E-state index contributed by atoms with van der Waals surface area (Å²) in [6.07, 6.45) is -8.67. The molecule has 0 aliphatic carbocycles. The van der Waals surface area contributed by atoms with Crippen molar-refractivity contribution in [2.75, 3.05) is 13.2 Å². The van der Waals surface area contributed by atoms with E-state index in [4.69, 9.17) is 4.74 Å². The normalized spacial score (nSPS) is 18.7. The van der Waals surface area contributed by atoms with Gasteiger partial charge in [-0.3, -0.25) is 0 Å². The third kappa shape index (κ3) is 4.57. The Hall–Kier alpha value is -0.920. The minimum absolute atomic E-state index is 0.0179. The maximum absolute atomic E-state index is 12.8. The number of nitrogens with one attached hydrogen (secondary N) is 1. The molecule has 20 heavy (non-hydrogen) atoms. The molecule has 0 aromatic carbocycles. The van der Waals surface area contributed by atoms with Crippen LogP contribution in [0.3, 0.4) is 0 Å². The molecule has 1 aliphatic rings. The summed E-state index contributed by atoms with van der Waals surface area (Å²) < 4.78 is 81.8. The van der Waals surface area contributed by atoms with Gasteiger partial charge in [-0.15, -0.1) is 0 Å². The molecule has 8 heteroatoms. The molecule has 118 valence electrons. The van der Waals surface area contributed by atoms with Gasteiger partial charge in [0.1, 0.15) is 0 Å². The Bertz CT molecular complexity index is 322. The predicted octanol–water partition coefficient (Wildman–Crippen LogP) is 3.79. The third-order valence-electron chi connectivity index (χ3n) is 3.01. The monoisotopic (exact) mass is 305 g/mol. The zero-order chi connectivity index (χ0) is 15.4. The van der Waals surface area contributed by atoms with Crippen LogP contribution in [0, 0.1) is 5.92 Å². The van der Waals surface area contributed by atoms with Crippen LogP contribution in [0.4, 0.5) is 26.3 Å². The van der Waals surface area contributed by atoms with Gasteiger partial charge in [0.25, 0.3) is 0 Å². The Morgan fingerprint density at radius 2 is 1.80 bits per heavy atom. The average Bonchev–Trinajstić information content (AvgIpc) is 2.32. The van der Waals surface area contributed by atoms with Crippen molar-refractivity contribution in [1.82, 2.24) is 5.32 Å². The van der Waals surface area contributed by atoms with E-state index in [0.29, 0.717) is 19.4 Å². The molecular formula is C12H17F6NO. The summed E-state index contributed by atoms with van der Waals surface area (Å²) in [5.41, 5.74) is 0.0179. The molecule has 1 unspecified atom stereocenters. The Balaban J connectivity index is 3.07. The summed E-state index contributed by atoms with van der Waals surface area (Å²) in [7, 11) is 0. The second-order valence-electron chi connectivity index (χ2n) is 4.66. The molecule has 0 bridgehead atoms. The lowest BCUT2D eigenvalue weighted by atomic mass is 9.89. The molecular weight excluding hydrogens is 288 g/mol. The van der Waals surface area contributed by atoms with Gasteiger partial charge in [-0.05, 0) is 31.4 Å². The van der Waals surface area contributed by atoms with Crippen LogP contribution >= 0.6 is 0 Å². The van der Waals surface area contributed by atoms with E-state index in [0.717, 1.165) is 6.26 Å². The summed E-state index contributed by atoms with van der Waals surface area (Å²) in [5, 5.41) is 2.36. The zero-order valence-electron chi connectivity index (χ0n) is 10.9. The fraction of sp³-hybridized carbons (Fsp3) is 0.833. The first kappa shape index (κ1) is 17.1. The van der Waals surface area contributed by atoms with Crippen molar-refractivity contribution in [3.05, 3.63) is 11.8 Å². The number of ether oxygens (including phenoxy) is 1. The van der Waals surface area contributed by atoms with Gasteiger partial charge in [-0.2, -0.15) is 26.3 Å². The van der Waals surface area contributed by atoms with E-state index in [1.165, 1.54) is 0 Å². The van der Waals surface area contributed by atoms with Crippen LogP contribution in [0.15, 0.2) is 11.8 Å². The molecule has 0 fully saturated rings. The molecule has 1 heterocycles. The number of hydrogen-bond acceptors (Lipinski definition) is 2. The quantitative estimate of drug-likeness (QED) is 0.780. The van der Waals surface area contributed by atoms with Crippen molar-refractivity contribution in [2.45, 2.75) is 44.6 Å². The highest BCUT2D eigenvalue weighted by atomic mass is 19.4. The van der Waals surface area contributed by atoms with Gasteiger partial charge in [-0.1, -0.05) is 6.92 Å². The molecule has 0 spiro atoms.